The van der Waals surface area contributed by atoms with Gasteiger partial charge in [-0.15, -0.1) is 0 Å². The molecule has 0 aliphatic rings. The number of nitrogens with zero attached hydrogens (tertiary/aromatic N) is 6. The number of rotatable bonds is 7. The molecule has 0 saturated heterocycles. The van der Waals surface area contributed by atoms with E-state index in [9.17, 15) is 15.8 Å². The highest BCUT2D eigenvalue weighted by molar-refractivity contribution is 6.27. The van der Waals surface area contributed by atoms with E-state index in [1.807, 2.05) is 97.1 Å². The van der Waals surface area contributed by atoms with Crippen molar-refractivity contribution in [2.75, 3.05) is 9.80 Å². The largest absolute Gasteiger partial charge is 0.311 e. The van der Waals surface area contributed by atoms with Gasteiger partial charge in [-0.2, -0.15) is 15.8 Å². The van der Waals surface area contributed by atoms with E-state index in [-0.39, 0.29) is 0 Å². The highest BCUT2D eigenvalue weighted by Gasteiger charge is 2.20. The summed E-state index contributed by atoms with van der Waals surface area (Å²) in [4.78, 5) is 7.87. The van der Waals surface area contributed by atoms with E-state index in [1.54, 1.807) is 0 Å². The number of hydrogen-bond donors (Lipinski definition) is 0. The van der Waals surface area contributed by atoms with Gasteiger partial charge in [0.1, 0.15) is 0 Å². The van der Waals surface area contributed by atoms with Gasteiger partial charge in [-0.3, -0.25) is 0 Å². The van der Waals surface area contributed by atoms with Gasteiger partial charge >= 0.3 is 0 Å². The summed E-state index contributed by atoms with van der Waals surface area (Å²) >= 11 is 0. The average Bonchev–Trinajstić information content (AvgIpc) is 3.27. The van der Waals surface area contributed by atoms with E-state index in [4.69, 9.17) is 6.57 Å². The number of benzene rings is 9. The van der Waals surface area contributed by atoms with Crippen molar-refractivity contribution >= 4 is 72.1 Å². The van der Waals surface area contributed by atoms with Crippen LogP contribution in [0.2, 0.25) is 0 Å². The molecule has 258 valence electrons. The monoisotopic (exact) mass is 712 g/mol. The van der Waals surface area contributed by atoms with Crippen LogP contribution in [-0.4, -0.2) is 0 Å². The van der Waals surface area contributed by atoms with Crippen LogP contribution in [0.3, 0.4) is 0 Å². The second kappa shape index (κ2) is 13.9. The van der Waals surface area contributed by atoms with Crippen LogP contribution in [0.25, 0.3) is 48.3 Å². The molecule has 0 aliphatic heterocycles. The molecule has 0 aromatic heterocycles. The average molecular weight is 713 g/mol. The summed E-state index contributed by atoms with van der Waals surface area (Å²) in [6, 6.07) is 62.8. The number of nitriles is 3. The van der Waals surface area contributed by atoms with E-state index in [1.165, 1.54) is 5.39 Å². The molecule has 0 N–H and O–H groups in total. The Morgan fingerprint density at radius 3 is 1.27 bits per heavy atom. The first kappa shape index (κ1) is 33.4. The Hall–Kier alpha value is -8.42. The molecule has 0 fully saturated rings. The second-order valence-corrected chi connectivity index (χ2v) is 13.4. The topological polar surface area (TPSA) is 82.2 Å². The normalized spacial score (nSPS) is 10.8. The lowest BCUT2D eigenvalue weighted by Crippen LogP contribution is -2.10. The van der Waals surface area contributed by atoms with Crippen molar-refractivity contribution in [1.29, 1.82) is 15.8 Å². The summed E-state index contributed by atoms with van der Waals surface area (Å²) in [5, 5.41) is 35.3. The minimum absolute atomic E-state index is 0.571. The lowest BCUT2D eigenvalue weighted by atomic mass is 9.89. The predicted octanol–water partition coefficient (Wildman–Crippen LogP) is 13.4. The summed E-state index contributed by atoms with van der Waals surface area (Å²) in [6.45, 7) is 7.41. The van der Waals surface area contributed by atoms with E-state index >= 15 is 0 Å². The summed E-state index contributed by atoms with van der Waals surface area (Å²) < 4.78 is 0. The molecule has 0 atom stereocenters. The van der Waals surface area contributed by atoms with Gasteiger partial charge in [-0.25, -0.2) is 4.85 Å². The Balaban J connectivity index is 1.17. The molecule has 0 saturated carbocycles. The quantitative estimate of drug-likeness (QED) is 0.121. The molecular weight excluding hydrogens is 685 g/mol. The minimum Gasteiger partial charge on any atom is -0.311 e. The summed E-state index contributed by atoms with van der Waals surface area (Å²) in [5.74, 6) is 0. The lowest BCUT2D eigenvalue weighted by molar-refractivity contribution is 1.28. The lowest BCUT2D eigenvalue weighted by Gasteiger charge is -2.28. The predicted molar refractivity (Wildman–Crippen MR) is 225 cm³/mol. The highest BCUT2D eigenvalue weighted by Crippen LogP contribution is 2.46. The Labute approximate surface area is 324 Å². The maximum Gasteiger partial charge on any atom is 0.187 e. The molecular formula is C50H28N6. The Morgan fingerprint density at radius 1 is 0.393 bits per heavy atom. The van der Waals surface area contributed by atoms with Crippen molar-refractivity contribution in [3.05, 3.63) is 198 Å². The van der Waals surface area contributed by atoms with Crippen LogP contribution in [0.15, 0.2) is 170 Å². The first-order valence-corrected chi connectivity index (χ1v) is 18.0. The molecule has 0 bridgehead atoms. The summed E-state index contributed by atoms with van der Waals surface area (Å²) in [5.41, 5.74) is 10.1. The first-order valence-electron chi connectivity index (χ1n) is 18.0. The van der Waals surface area contributed by atoms with E-state index < -0.39 is 0 Å². The van der Waals surface area contributed by atoms with Crippen molar-refractivity contribution < 1.29 is 0 Å². The fourth-order valence-electron chi connectivity index (χ4n) is 7.63. The molecule has 56 heavy (non-hydrogen) atoms. The van der Waals surface area contributed by atoms with Crippen LogP contribution in [0.1, 0.15) is 16.7 Å². The molecule has 0 radical (unpaired) electrons. The highest BCUT2D eigenvalue weighted by atomic mass is 15.1. The zero-order valence-corrected chi connectivity index (χ0v) is 29.8. The molecule has 9 rings (SSSR count). The molecule has 0 heterocycles. The maximum absolute atomic E-state index is 9.51. The van der Waals surface area contributed by atoms with Gasteiger partial charge in [0.2, 0.25) is 0 Å². The van der Waals surface area contributed by atoms with Crippen LogP contribution in [0.5, 0.6) is 0 Å². The SMILES string of the molecule is [C-]#[N+]c1ccc(N(c2ccc(C#N)cc2)c2ccc(-c3ccc4ccc5c(N(c6ccc(C#N)cc6)c6ccc(C#N)cc6)ccc6ccc3c4c65)cc2)cc1. The number of anilines is 6. The summed E-state index contributed by atoms with van der Waals surface area (Å²) in [7, 11) is 0. The smallest absolute Gasteiger partial charge is 0.187 e. The molecule has 6 nitrogen and oxygen atoms in total. The first-order chi connectivity index (χ1) is 27.6. The van der Waals surface area contributed by atoms with Gasteiger partial charge in [0, 0.05) is 33.8 Å². The van der Waals surface area contributed by atoms with Gasteiger partial charge in [0.25, 0.3) is 0 Å². The van der Waals surface area contributed by atoms with Gasteiger partial charge in [0.15, 0.2) is 5.69 Å². The molecule has 0 spiro atoms. The minimum atomic E-state index is 0.571. The van der Waals surface area contributed by atoms with E-state index in [0.717, 1.165) is 72.2 Å². The molecule has 6 heteroatoms. The van der Waals surface area contributed by atoms with Crippen LogP contribution in [0, 0.1) is 40.6 Å². The Kier molecular flexibility index (Phi) is 8.27. The van der Waals surface area contributed by atoms with Crippen LogP contribution in [0.4, 0.5) is 39.8 Å². The Morgan fingerprint density at radius 2 is 0.786 bits per heavy atom. The molecule has 9 aromatic carbocycles. The number of hydrogen-bond acceptors (Lipinski definition) is 5. The third-order valence-corrected chi connectivity index (χ3v) is 10.3. The maximum atomic E-state index is 9.51. The van der Waals surface area contributed by atoms with Crippen LogP contribution < -0.4 is 9.80 Å². The third kappa shape index (κ3) is 5.74. The van der Waals surface area contributed by atoms with Crippen molar-refractivity contribution in [2.45, 2.75) is 0 Å². The van der Waals surface area contributed by atoms with E-state index in [2.05, 4.69) is 106 Å². The fourth-order valence-corrected chi connectivity index (χ4v) is 7.63. The molecule has 9 aromatic rings. The van der Waals surface area contributed by atoms with Crippen molar-refractivity contribution in [1.82, 2.24) is 0 Å². The van der Waals surface area contributed by atoms with Crippen LogP contribution in [-0.2, 0) is 0 Å². The van der Waals surface area contributed by atoms with Crippen molar-refractivity contribution in [2.24, 2.45) is 0 Å². The zero-order valence-electron chi connectivity index (χ0n) is 29.8. The standard InChI is InChI=1S/C50H28N6/c1-54-39-14-24-42(25-15-39)55(40-16-2-33(30-51)3-17-40)41-22-8-36(9-23-41)45-26-10-37-12-28-47-48(29-13-38-11-27-46(45)49(37)50(38)47)56(43-18-4-34(31-52)5-19-43)44-20-6-35(32-53)7-21-44/h2-29H. The van der Waals surface area contributed by atoms with Gasteiger partial charge in [-0.05, 0) is 141 Å². The molecule has 0 amide bonds. The van der Waals surface area contributed by atoms with Gasteiger partial charge in [-0.1, -0.05) is 66.7 Å². The third-order valence-electron chi connectivity index (χ3n) is 10.3. The Bertz CT molecular complexity index is 2970. The van der Waals surface area contributed by atoms with Crippen molar-refractivity contribution in [3.8, 4) is 29.3 Å². The molecule has 0 unspecified atom stereocenters. The fraction of sp³-hybridized carbons (Fsp3) is 0. The molecule has 0 aliphatic carbocycles. The summed E-state index contributed by atoms with van der Waals surface area (Å²) in [6.07, 6.45) is 0. The van der Waals surface area contributed by atoms with E-state index in [0.29, 0.717) is 22.4 Å². The van der Waals surface area contributed by atoms with Gasteiger partial charge < -0.3 is 9.80 Å². The van der Waals surface area contributed by atoms with Gasteiger partial charge in [0.05, 0.1) is 47.2 Å². The zero-order chi connectivity index (χ0) is 38.2. The van der Waals surface area contributed by atoms with Crippen molar-refractivity contribution in [3.63, 3.8) is 0 Å². The van der Waals surface area contributed by atoms with Crippen LogP contribution >= 0.6 is 0 Å². The second-order valence-electron chi connectivity index (χ2n) is 13.4.